The van der Waals surface area contributed by atoms with E-state index in [1.54, 1.807) is 12.1 Å². The van der Waals surface area contributed by atoms with Gasteiger partial charge in [-0.2, -0.15) is 0 Å². The minimum Gasteiger partial charge on any atom is -0.478 e. The van der Waals surface area contributed by atoms with Gasteiger partial charge in [-0.1, -0.05) is 21.9 Å². The van der Waals surface area contributed by atoms with Crippen molar-refractivity contribution in [3.8, 4) is 11.8 Å². The summed E-state index contributed by atoms with van der Waals surface area (Å²) < 4.78 is 0.720. The topological polar surface area (TPSA) is 54.4 Å². The molecule has 3 nitrogen and oxygen atoms in total. The van der Waals surface area contributed by atoms with Crippen molar-refractivity contribution in [2.75, 3.05) is 0 Å². The number of hydrogen-bond donors (Lipinski definition) is 1. The van der Waals surface area contributed by atoms with E-state index in [0.717, 1.165) is 4.47 Å². The van der Waals surface area contributed by atoms with Crippen LogP contribution >= 0.6 is 15.9 Å². The van der Waals surface area contributed by atoms with Gasteiger partial charge in [-0.25, -0.2) is 4.79 Å². The summed E-state index contributed by atoms with van der Waals surface area (Å²) in [5.74, 6) is 3.57. The summed E-state index contributed by atoms with van der Waals surface area (Å²) in [6.45, 7) is 0. The third-order valence-corrected chi connectivity index (χ3v) is 1.97. The second-order valence-electron chi connectivity index (χ2n) is 2.38. The SMILES string of the molecule is O=CC#Cc1cc(Br)ccc1C(=O)O. The van der Waals surface area contributed by atoms with Gasteiger partial charge in [0.25, 0.3) is 0 Å². The molecule has 0 radical (unpaired) electrons. The first-order valence-corrected chi connectivity index (χ1v) is 4.42. The molecule has 1 rings (SSSR count). The van der Waals surface area contributed by atoms with Crippen molar-refractivity contribution in [3.05, 3.63) is 33.8 Å². The van der Waals surface area contributed by atoms with E-state index in [0.29, 0.717) is 11.8 Å². The lowest BCUT2D eigenvalue weighted by Crippen LogP contribution is -1.99. The molecule has 14 heavy (non-hydrogen) atoms. The first-order valence-electron chi connectivity index (χ1n) is 3.63. The molecule has 0 aliphatic heterocycles. The highest BCUT2D eigenvalue weighted by Crippen LogP contribution is 2.15. The lowest BCUT2D eigenvalue weighted by atomic mass is 10.1. The monoisotopic (exact) mass is 252 g/mol. The van der Waals surface area contributed by atoms with Crippen molar-refractivity contribution < 1.29 is 14.7 Å². The number of hydrogen-bond acceptors (Lipinski definition) is 2. The largest absolute Gasteiger partial charge is 0.478 e. The minimum atomic E-state index is -1.06. The zero-order valence-corrected chi connectivity index (χ0v) is 8.54. The number of rotatable bonds is 1. The number of carbonyl (C=O) groups is 2. The summed E-state index contributed by atoms with van der Waals surface area (Å²) >= 11 is 3.19. The lowest BCUT2D eigenvalue weighted by Gasteiger charge is -1.98. The standard InChI is InChI=1S/C10H5BrO3/c11-8-3-4-9(10(13)14)7(6-8)2-1-5-12/h3-6H,(H,13,14). The Labute approximate surface area is 88.9 Å². The first-order chi connectivity index (χ1) is 6.65. The fraction of sp³-hybridized carbons (Fsp3) is 0. The van der Waals surface area contributed by atoms with E-state index in [4.69, 9.17) is 5.11 Å². The van der Waals surface area contributed by atoms with Crippen LogP contribution in [-0.4, -0.2) is 17.4 Å². The van der Waals surface area contributed by atoms with Crippen molar-refractivity contribution in [2.45, 2.75) is 0 Å². The van der Waals surface area contributed by atoms with Crippen LogP contribution in [0.4, 0.5) is 0 Å². The van der Waals surface area contributed by atoms with Gasteiger partial charge in [-0.15, -0.1) is 0 Å². The molecule has 0 unspecified atom stereocenters. The van der Waals surface area contributed by atoms with Gasteiger partial charge in [0.05, 0.1) is 5.56 Å². The summed E-state index contributed by atoms with van der Waals surface area (Å²) in [4.78, 5) is 20.7. The van der Waals surface area contributed by atoms with Crippen LogP contribution in [0, 0.1) is 11.8 Å². The number of carboxylic acids is 1. The summed E-state index contributed by atoms with van der Waals surface area (Å²) in [6, 6.07) is 4.59. The normalized spacial score (nSPS) is 8.64. The van der Waals surface area contributed by atoms with E-state index in [1.165, 1.54) is 6.07 Å². The summed E-state index contributed by atoms with van der Waals surface area (Å²) in [6.07, 6.45) is 0.423. The summed E-state index contributed by atoms with van der Waals surface area (Å²) in [5, 5.41) is 8.78. The molecule has 0 atom stereocenters. The van der Waals surface area contributed by atoms with E-state index in [2.05, 4.69) is 27.8 Å². The third-order valence-electron chi connectivity index (χ3n) is 1.48. The van der Waals surface area contributed by atoms with Crippen LogP contribution in [-0.2, 0) is 4.79 Å². The fourth-order valence-electron chi connectivity index (χ4n) is 0.914. The molecule has 0 heterocycles. The van der Waals surface area contributed by atoms with Crippen molar-refractivity contribution in [3.63, 3.8) is 0 Å². The molecule has 0 aromatic heterocycles. The van der Waals surface area contributed by atoms with Gasteiger partial charge in [-0.05, 0) is 24.1 Å². The zero-order chi connectivity index (χ0) is 10.6. The Bertz CT molecular complexity index is 440. The molecule has 0 saturated heterocycles. The molecule has 1 aromatic carbocycles. The Hall–Kier alpha value is -1.60. The van der Waals surface area contributed by atoms with Crippen molar-refractivity contribution in [1.29, 1.82) is 0 Å². The minimum absolute atomic E-state index is 0.0857. The van der Waals surface area contributed by atoms with Gasteiger partial charge in [0.2, 0.25) is 0 Å². The van der Waals surface area contributed by atoms with Crippen molar-refractivity contribution in [2.24, 2.45) is 0 Å². The quantitative estimate of drug-likeness (QED) is 0.612. The number of halogens is 1. The predicted octanol–water partition coefficient (Wildman–Crippen LogP) is 1.70. The summed E-state index contributed by atoms with van der Waals surface area (Å²) in [5.41, 5.74) is 0.404. The van der Waals surface area contributed by atoms with Crippen LogP contribution in [0.2, 0.25) is 0 Å². The number of aromatic carboxylic acids is 1. The molecule has 0 fully saturated rings. The fourth-order valence-corrected chi connectivity index (χ4v) is 1.27. The molecular weight excluding hydrogens is 248 g/mol. The molecule has 0 aliphatic carbocycles. The van der Waals surface area contributed by atoms with Crippen molar-refractivity contribution >= 4 is 28.2 Å². The van der Waals surface area contributed by atoms with Crippen LogP contribution < -0.4 is 0 Å². The average molecular weight is 253 g/mol. The summed E-state index contributed by atoms with van der Waals surface area (Å²) in [7, 11) is 0. The Balaban J connectivity index is 3.29. The first kappa shape index (κ1) is 10.5. The smallest absolute Gasteiger partial charge is 0.336 e. The van der Waals surface area contributed by atoms with Gasteiger partial charge in [-0.3, -0.25) is 4.79 Å². The molecule has 1 aromatic rings. The molecule has 4 heteroatoms. The Morgan fingerprint density at radius 2 is 2.21 bits per heavy atom. The van der Waals surface area contributed by atoms with Gasteiger partial charge in [0, 0.05) is 10.0 Å². The third kappa shape index (κ3) is 2.44. The van der Waals surface area contributed by atoms with Crippen LogP contribution in [0.15, 0.2) is 22.7 Å². The van der Waals surface area contributed by atoms with Crippen molar-refractivity contribution in [1.82, 2.24) is 0 Å². The molecule has 0 aliphatic rings. The Morgan fingerprint density at radius 3 is 2.79 bits per heavy atom. The number of carbonyl (C=O) groups excluding carboxylic acids is 1. The lowest BCUT2D eigenvalue weighted by molar-refractivity contribution is -0.103. The Morgan fingerprint density at radius 1 is 1.50 bits per heavy atom. The van der Waals surface area contributed by atoms with E-state index < -0.39 is 5.97 Å². The molecule has 0 amide bonds. The van der Waals surface area contributed by atoms with Gasteiger partial charge < -0.3 is 5.11 Å². The zero-order valence-electron chi connectivity index (χ0n) is 6.95. The van der Waals surface area contributed by atoms with Gasteiger partial charge >= 0.3 is 5.97 Å². The number of benzene rings is 1. The number of carboxylic acid groups (broad SMARTS) is 1. The molecule has 70 valence electrons. The average Bonchev–Trinajstić information content (AvgIpc) is 2.14. The van der Waals surface area contributed by atoms with E-state index >= 15 is 0 Å². The van der Waals surface area contributed by atoms with Crippen LogP contribution in [0.3, 0.4) is 0 Å². The maximum Gasteiger partial charge on any atom is 0.336 e. The highest BCUT2D eigenvalue weighted by Gasteiger charge is 2.07. The second kappa shape index (κ2) is 4.58. The van der Waals surface area contributed by atoms with E-state index in [-0.39, 0.29) is 5.56 Å². The molecule has 1 N–H and O–H groups in total. The maximum absolute atomic E-state index is 10.7. The highest BCUT2D eigenvalue weighted by molar-refractivity contribution is 9.10. The van der Waals surface area contributed by atoms with Gasteiger partial charge in [0.15, 0.2) is 6.29 Å². The predicted molar refractivity (Wildman–Crippen MR) is 54.0 cm³/mol. The van der Waals surface area contributed by atoms with Gasteiger partial charge in [0.1, 0.15) is 0 Å². The molecular formula is C10H5BrO3. The molecule has 0 spiro atoms. The maximum atomic E-state index is 10.7. The number of aldehydes is 1. The van der Waals surface area contributed by atoms with E-state index in [1.807, 2.05) is 0 Å². The van der Waals surface area contributed by atoms with Crippen LogP contribution in [0.1, 0.15) is 15.9 Å². The van der Waals surface area contributed by atoms with E-state index in [9.17, 15) is 9.59 Å². The Kier molecular flexibility index (Phi) is 3.43. The van der Waals surface area contributed by atoms with Crippen LogP contribution in [0.25, 0.3) is 0 Å². The molecule has 0 saturated carbocycles. The van der Waals surface area contributed by atoms with Crippen LogP contribution in [0.5, 0.6) is 0 Å². The molecule has 0 bridgehead atoms. The second-order valence-corrected chi connectivity index (χ2v) is 3.30. The highest BCUT2D eigenvalue weighted by atomic mass is 79.9.